The zero-order chi connectivity index (χ0) is 19.8. The van der Waals surface area contributed by atoms with Crippen molar-refractivity contribution in [2.45, 2.75) is 6.92 Å². The third kappa shape index (κ3) is 4.80. The van der Waals surface area contributed by atoms with Crippen molar-refractivity contribution in [2.75, 3.05) is 19.0 Å². The molecule has 0 atom stereocenters. The second-order valence-corrected chi connectivity index (χ2v) is 6.08. The number of methoxy groups -OCH3 is 1. The fourth-order valence-corrected chi connectivity index (χ4v) is 2.81. The van der Waals surface area contributed by atoms with Gasteiger partial charge in [-0.05, 0) is 48.4 Å². The van der Waals surface area contributed by atoms with E-state index in [0.717, 1.165) is 16.9 Å². The van der Waals surface area contributed by atoms with Gasteiger partial charge in [-0.1, -0.05) is 54.6 Å². The van der Waals surface area contributed by atoms with Crippen LogP contribution < -0.4 is 14.8 Å². The van der Waals surface area contributed by atoms with Crippen molar-refractivity contribution in [1.82, 2.24) is 0 Å². The van der Waals surface area contributed by atoms with Gasteiger partial charge < -0.3 is 14.8 Å². The molecule has 0 aromatic heterocycles. The van der Waals surface area contributed by atoms with Crippen molar-refractivity contribution < 1.29 is 14.3 Å². The second kappa shape index (κ2) is 9.42. The smallest absolute Gasteiger partial charge is 0.256 e. The monoisotopic (exact) mass is 373 g/mol. The Morgan fingerprint density at radius 3 is 2.29 bits per heavy atom. The number of anilines is 1. The number of hydrogen-bond donors (Lipinski definition) is 1. The fourth-order valence-electron chi connectivity index (χ4n) is 2.81. The van der Waals surface area contributed by atoms with Gasteiger partial charge in [0.1, 0.15) is 11.5 Å². The summed E-state index contributed by atoms with van der Waals surface area (Å²) >= 11 is 0. The normalized spacial score (nSPS) is 11.0. The molecule has 0 saturated heterocycles. The molecule has 1 N–H and O–H groups in total. The van der Waals surface area contributed by atoms with Gasteiger partial charge in [0, 0.05) is 5.57 Å². The summed E-state index contributed by atoms with van der Waals surface area (Å²) in [5.74, 6) is 1.22. The molecule has 142 valence electrons. The van der Waals surface area contributed by atoms with Crippen molar-refractivity contribution in [1.29, 1.82) is 0 Å². The summed E-state index contributed by atoms with van der Waals surface area (Å²) in [7, 11) is 1.63. The second-order valence-electron chi connectivity index (χ2n) is 6.08. The van der Waals surface area contributed by atoms with Crippen molar-refractivity contribution in [3.63, 3.8) is 0 Å². The third-order valence-corrected chi connectivity index (χ3v) is 4.19. The number of benzene rings is 3. The SMILES string of the molecule is CCOc1ccccc1NC(=O)/C(=C/c1ccc(OC)cc1)c1ccccc1. The van der Waals surface area contributed by atoms with Crippen molar-refractivity contribution >= 4 is 23.2 Å². The lowest BCUT2D eigenvalue weighted by Crippen LogP contribution is -2.14. The van der Waals surface area contributed by atoms with E-state index in [0.29, 0.717) is 23.6 Å². The van der Waals surface area contributed by atoms with Gasteiger partial charge in [0.25, 0.3) is 5.91 Å². The first-order chi connectivity index (χ1) is 13.7. The topological polar surface area (TPSA) is 47.6 Å². The van der Waals surface area contributed by atoms with Crippen LogP contribution >= 0.6 is 0 Å². The molecule has 3 aromatic rings. The van der Waals surface area contributed by atoms with Crippen LogP contribution in [-0.2, 0) is 4.79 Å². The Morgan fingerprint density at radius 1 is 0.929 bits per heavy atom. The molecule has 0 radical (unpaired) electrons. The molecule has 0 aliphatic heterocycles. The van der Waals surface area contributed by atoms with Crippen molar-refractivity contribution in [3.05, 3.63) is 90.0 Å². The molecule has 0 heterocycles. The van der Waals surface area contributed by atoms with E-state index in [1.165, 1.54) is 0 Å². The molecule has 0 aliphatic rings. The van der Waals surface area contributed by atoms with Gasteiger partial charge in [0.15, 0.2) is 0 Å². The van der Waals surface area contributed by atoms with Crippen LogP contribution in [-0.4, -0.2) is 19.6 Å². The van der Waals surface area contributed by atoms with E-state index in [1.807, 2.05) is 91.9 Å². The molecule has 0 spiro atoms. The van der Waals surface area contributed by atoms with Gasteiger partial charge in [-0.15, -0.1) is 0 Å². The predicted octanol–water partition coefficient (Wildman–Crippen LogP) is 5.27. The van der Waals surface area contributed by atoms with E-state index in [-0.39, 0.29) is 5.91 Å². The van der Waals surface area contributed by atoms with Gasteiger partial charge in [-0.25, -0.2) is 0 Å². The number of para-hydroxylation sites is 2. The van der Waals surface area contributed by atoms with Gasteiger partial charge in [-0.2, -0.15) is 0 Å². The Bertz CT molecular complexity index is 947. The number of carbonyl (C=O) groups excluding carboxylic acids is 1. The van der Waals surface area contributed by atoms with E-state index in [9.17, 15) is 4.79 Å². The van der Waals surface area contributed by atoms with Crippen LogP contribution in [0.5, 0.6) is 11.5 Å². The highest BCUT2D eigenvalue weighted by atomic mass is 16.5. The number of carbonyl (C=O) groups is 1. The summed E-state index contributed by atoms with van der Waals surface area (Å²) < 4.78 is 10.8. The molecule has 0 aliphatic carbocycles. The van der Waals surface area contributed by atoms with E-state index in [2.05, 4.69) is 5.32 Å². The Morgan fingerprint density at radius 2 is 1.61 bits per heavy atom. The molecule has 3 aromatic carbocycles. The highest BCUT2D eigenvalue weighted by Crippen LogP contribution is 2.27. The van der Waals surface area contributed by atoms with E-state index < -0.39 is 0 Å². The standard InChI is InChI=1S/C24H23NO3/c1-3-28-23-12-8-7-11-22(23)25-24(26)21(19-9-5-4-6-10-19)17-18-13-15-20(27-2)16-14-18/h4-17H,3H2,1-2H3,(H,25,26)/b21-17+. The lowest BCUT2D eigenvalue weighted by Gasteiger charge is -2.13. The van der Waals surface area contributed by atoms with Crippen LogP contribution in [0.15, 0.2) is 78.9 Å². The first-order valence-electron chi connectivity index (χ1n) is 9.15. The van der Waals surface area contributed by atoms with Crippen LogP contribution in [0.3, 0.4) is 0 Å². The molecular formula is C24H23NO3. The third-order valence-electron chi connectivity index (χ3n) is 4.19. The summed E-state index contributed by atoms with van der Waals surface area (Å²) in [5, 5.41) is 2.98. The zero-order valence-electron chi connectivity index (χ0n) is 16.0. The van der Waals surface area contributed by atoms with E-state index in [1.54, 1.807) is 7.11 Å². The summed E-state index contributed by atoms with van der Waals surface area (Å²) in [5.41, 5.74) is 2.96. The predicted molar refractivity (Wildman–Crippen MR) is 114 cm³/mol. The maximum Gasteiger partial charge on any atom is 0.256 e. The Labute approximate surface area is 165 Å². The Hall–Kier alpha value is -3.53. The first kappa shape index (κ1) is 19.2. The van der Waals surface area contributed by atoms with Crippen LogP contribution in [0, 0.1) is 0 Å². The van der Waals surface area contributed by atoms with Crippen LogP contribution in [0.4, 0.5) is 5.69 Å². The Kier molecular flexibility index (Phi) is 6.47. The van der Waals surface area contributed by atoms with Crippen molar-refractivity contribution in [3.8, 4) is 11.5 Å². The minimum absolute atomic E-state index is 0.200. The highest BCUT2D eigenvalue weighted by Gasteiger charge is 2.14. The first-order valence-corrected chi connectivity index (χ1v) is 9.15. The Balaban J connectivity index is 1.95. The molecule has 0 saturated carbocycles. The summed E-state index contributed by atoms with van der Waals surface area (Å²) in [6.45, 7) is 2.44. The van der Waals surface area contributed by atoms with E-state index >= 15 is 0 Å². The average molecular weight is 373 g/mol. The summed E-state index contributed by atoms with van der Waals surface area (Å²) in [6, 6.07) is 24.6. The van der Waals surface area contributed by atoms with Gasteiger partial charge in [-0.3, -0.25) is 4.79 Å². The fraction of sp³-hybridized carbons (Fsp3) is 0.125. The highest BCUT2D eigenvalue weighted by molar-refractivity contribution is 6.29. The van der Waals surface area contributed by atoms with Crippen LogP contribution in [0.2, 0.25) is 0 Å². The minimum Gasteiger partial charge on any atom is -0.497 e. The molecule has 4 heteroatoms. The minimum atomic E-state index is -0.200. The summed E-state index contributed by atoms with van der Waals surface area (Å²) in [6.07, 6.45) is 1.87. The molecule has 4 nitrogen and oxygen atoms in total. The number of rotatable bonds is 7. The quantitative estimate of drug-likeness (QED) is 0.453. The number of hydrogen-bond acceptors (Lipinski definition) is 3. The number of nitrogens with one attached hydrogen (secondary N) is 1. The maximum atomic E-state index is 13.1. The lowest BCUT2D eigenvalue weighted by atomic mass is 10.0. The molecule has 1 amide bonds. The molecule has 3 rings (SSSR count). The molecule has 0 unspecified atom stereocenters. The lowest BCUT2D eigenvalue weighted by molar-refractivity contribution is -0.111. The van der Waals surface area contributed by atoms with E-state index in [4.69, 9.17) is 9.47 Å². The van der Waals surface area contributed by atoms with Crippen LogP contribution in [0.25, 0.3) is 11.6 Å². The number of amides is 1. The number of ether oxygens (including phenoxy) is 2. The molecule has 0 bridgehead atoms. The van der Waals surface area contributed by atoms with Crippen molar-refractivity contribution in [2.24, 2.45) is 0 Å². The van der Waals surface area contributed by atoms with Gasteiger partial charge in [0.2, 0.25) is 0 Å². The maximum absolute atomic E-state index is 13.1. The molecular weight excluding hydrogens is 350 g/mol. The van der Waals surface area contributed by atoms with Crippen LogP contribution in [0.1, 0.15) is 18.1 Å². The molecule has 28 heavy (non-hydrogen) atoms. The zero-order valence-corrected chi connectivity index (χ0v) is 16.0. The summed E-state index contributed by atoms with van der Waals surface area (Å²) in [4.78, 5) is 13.1. The largest absolute Gasteiger partial charge is 0.497 e. The average Bonchev–Trinajstić information content (AvgIpc) is 2.74. The van der Waals surface area contributed by atoms with Gasteiger partial charge in [0.05, 0.1) is 19.4 Å². The molecule has 0 fully saturated rings. The van der Waals surface area contributed by atoms with Gasteiger partial charge >= 0.3 is 0 Å².